The van der Waals surface area contributed by atoms with Crippen LogP contribution in [0.4, 0.5) is 0 Å². The van der Waals surface area contributed by atoms with Crippen LogP contribution in [0.5, 0.6) is 0 Å². The molecule has 0 aliphatic carbocycles. The summed E-state index contributed by atoms with van der Waals surface area (Å²) in [6.07, 6.45) is 3.12. The lowest BCUT2D eigenvalue weighted by molar-refractivity contribution is -0.150. The maximum absolute atomic E-state index is 11.9. The molecule has 0 unspecified atom stereocenters. The van der Waals surface area contributed by atoms with Crippen molar-refractivity contribution < 1.29 is 14.3 Å². The Morgan fingerprint density at radius 2 is 2.42 bits per heavy atom. The molecule has 106 valence electrons. The largest absolute Gasteiger partial charge is 0.457 e. The van der Waals surface area contributed by atoms with Gasteiger partial charge in [0.15, 0.2) is 0 Å². The van der Waals surface area contributed by atoms with Gasteiger partial charge in [-0.15, -0.1) is 11.3 Å². The third kappa shape index (κ3) is 3.76. The van der Waals surface area contributed by atoms with Gasteiger partial charge in [0.2, 0.25) is 0 Å². The molecule has 0 spiro atoms. The van der Waals surface area contributed by atoms with Crippen LogP contribution in [0.1, 0.15) is 54.8 Å². The summed E-state index contributed by atoms with van der Waals surface area (Å²) in [6, 6.07) is 0. The molecular weight excluding hydrogens is 262 g/mol. The number of carbonyl (C=O) groups is 1. The number of nitrogens with zero attached hydrogens (tertiary/aromatic N) is 1. The van der Waals surface area contributed by atoms with E-state index in [-0.39, 0.29) is 18.2 Å². The highest BCUT2D eigenvalue weighted by atomic mass is 32.1. The molecule has 2 heterocycles. The van der Waals surface area contributed by atoms with Gasteiger partial charge in [-0.05, 0) is 33.1 Å². The van der Waals surface area contributed by atoms with Crippen molar-refractivity contribution in [1.29, 1.82) is 0 Å². The third-order valence-electron chi connectivity index (χ3n) is 3.27. The highest BCUT2D eigenvalue weighted by Crippen LogP contribution is 2.28. The minimum absolute atomic E-state index is 0.0495. The van der Waals surface area contributed by atoms with Crippen molar-refractivity contribution in [2.45, 2.75) is 58.7 Å². The Balaban J connectivity index is 1.90. The molecule has 4 nitrogen and oxygen atoms in total. The lowest BCUT2D eigenvalue weighted by Crippen LogP contribution is -2.16. The van der Waals surface area contributed by atoms with Crippen LogP contribution in [0, 0.1) is 6.92 Å². The summed E-state index contributed by atoms with van der Waals surface area (Å²) in [5, 5.41) is 1.09. The van der Waals surface area contributed by atoms with E-state index in [1.807, 2.05) is 13.8 Å². The molecule has 1 aliphatic rings. The normalized spacial score (nSPS) is 20.5. The van der Waals surface area contributed by atoms with E-state index >= 15 is 0 Å². The van der Waals surface area contributed by atoms with E-state index in [9.17, 15) is 4.79 Å². The van der Waals surface area contributed by atoms with Crippen LogP contribution in [0.15, 0.2) is 0 Å². The van der Waals surface area contributed by atoms with Crippen LogP contribution in [0.3, 0.4) is 0 Å². The van der Waals surface area contributed by atoms with Gasteiger partial charge in [0.25, 0.3) is 0 Å². The van der Waals surface area contributed by atoms with E-state index in [1.165, 1.54) is 0 Å². The Morgan fingerprint density at radius 3 is 3.00 bits per heavy atom. The molecule has 1 aliphatic heterocycles. The van der Waals surface area contributed by atoms with E-state index in [0.717, 1.165) is 41.4 Å². The van der Waals surface area contributed by atoms with Crippen LogP contribution in [0.25, 0.3) is 0 Å². The highest BCUT2D eigenvalue weighted by Gasteiger charge is 2.23. The molecule has 0 N–H and O–H groups in total. The van der Waals surface area contributed by atoms with Gasteiger partial charge in [-0.2, -0.15) is 0 Å². The van der Waals surface area contributed by atoms with Gasteiger partial charge >= 0.3 is 5.97 Å². The monoisotopic (exact) mass is 283 g/mol. The molecule has 1 aromatic rings. The summed E-state index contributed by atoms with van der Waals surface area (Å²) in [5.41, 5.74) is 0.972. The van der Waals surface area contributed by atoms with Crippen LogP contribution in [-0.4, -0.2) is 23.7 Å². The summed E-state index contributed by atoms with van der Waals surface area (Å²) in [6.45, 7) is 6.72. The van der Waals surface area contributed by atoms with Gasteiger partial charge in [-0.25, -0.2) is 4.98 Å². The Kier molecular flexibility index (Phi) is 4.93. The van der Waals surface area contributed by atoms with E-state index in [0.29, 0.717) is 6.42 Å². The van der Waals surface area contributed by atoms with Gasteiger partial charge in [0.1, 0.15) is 6.10 Å². The first-order chi connectivity index (χ1) is 9.10. The number of thiazole rings is 1. The van der Waals surface area contributed by atoms with Crippen LogP contribution in [0.2, 0.25) is 0 Å². The summed E-state index contributed by atoms with van der Waals surface area (Å²) >= 11 is 1.63. The number of hydrogen-bond donors (Lipinski definition) is 0. The molecule has 19 heavy (non-hydrogen) atoms. The summed E-state index contributed by atoms with van der Waals surface area (Å²) < 4.78 is 10.9. The summed E-state index contributed by atoms with van der Waals surface area (Å²) in [7, 11) is 0. The fourth-order valence-corrected chi connectivity index (χ4v) is 3.27. The van der Waals surface area contributed by atoms with E-state index in [2.05, 4.69) is 11.9 Å². The van der Waals surface area contributed by atoms with Crippen LogP contribution >= 0.6 is 11.3 Å². The van der Waals surface area contributed by atoms with E-state index in [4.69, 9.17) is 9.47 Å². The SMILES string of the molecule is CCc1nc(C)c([C@H](C)OC(=O)C[C@H]2CCCO2)s1. The fourth-order valence-electron chi connectivity index (χ4n) is 2.28. The second-order valence-corrected chi connectivity index (χ2v) is 6.00. The average molecular weight is 283 g/mol. The number of esters is 1. The molecule has 0 saturated carbocycles. The van der Waals surface area contributed by atoms with Gasteiger partial charge in [0, 0.05) is 6.61 Å². The van der Waals surface area contributed by atoms with Crippen molar-refractivity contribution in [3.05, 3.63) is 15.6 Å². The first-order valence-electron chi connectivity index (χ1n) is 6.87. The molecule has 2 rings (SSSR count). The number of carbonyl (C=O) groups excluding carboxylic acids is 1. The molecule has 0 bridgehead atoms. The van der Waals surface area contributed by atoms with E-state index < -0.39 is 0 Å². The first kappa shape index (κ1) is 14.5. The predicted octanol–water partition coefficient (Wildman–Crippen LogP) is 3.19. The quantitative estimate of drug-likeness (QED) is 0.779. The Morgan fingerprint density at radius 1 is 1.63 bits per heavy atom. The molecule has 5 heteroatoms. The van der Waals surface area contributed by atoms with Gasteiger partial charge < -0.3 is 9.47 Å². The molecule has 1 aromatic heterocycles. The molecule has 1 fully saturated rings. The summed E-state index contributed by atoms with van der Waals surface area (Å²) in [4.78, 5) is 17.4. The van der Waals surface area contributed by atoms with Crippen molar-refractivity contribution in [3.8, 4) is 0 Å². The topological polar surface area (TPSA) is 48.4 Å². The molecular formula is C14H21NO3S. The van der Waals surface area contributed by atoms with Crippen molar-refractivity contribution in [1.82, 2.24) is 4.98 Å². The second-order valence-electron chi connectivity index (χ2n) is 4.88. The maximum Gasteiger partial charge on any atom is 0.309 e. The summed E-state index contributed by atoms with van der Waals surface area (Å²) in [5.74, 6) is -0.176. The zero-order valence-corrected chi connectivity index (χ0v) is 12.6. The van der Waals surface area contributed by atoms with E-state index in [1.54, 1.807) is 11.3 Å². The average Bonchev–Trinajstić information content (AvgIpc) is 2.98. The maximum atomic E-state index is 11.9. The molecule has 0 amide bonds. The van der Waals surface area contributed by atoms with Gasteiger partial charge in [-0.3, -0.25) is 4.79 Å². The second kappa shape index (κ2) is 6.48. The minimum atomic E-state index is -0.216. The number of aryl methyl sites for hydroxylation is 2. The Bertz CT molecular complexity index is 438. The van der Waals surface area contributed by atoms with Gasteiger partial charge in [0.05, 0.1) is 28.1 Å². The molecule has 0 radical (unpaired) electrons. The number of aromatic nitrogens is 1. The highest BCUT2D eigenvalue weighted by molar-refractivity contribution is 7.11. The zero-order valence-electron chi connectivity index (χ0n) is 11.8. The first-order valence-corrected chi connectivity index (χ1v) is 7.69. The number of ether oxygens (including phenoxy) is 2. The smallest absolute Gasteiger partial charge is 0.309 e. The molecule has 2 atom stereocenters. The Hall–Kier alpha value is -0.940. The number of hydrogen-bond acceptors (Lipinski definition) is 5. The zero-order chi connectivity index (χ0) is 13.8. The lowest BCUT2D eigenvalue weighted by atomic mass is 10.2. The molecule has 0 aromatic carbocycles. The minimum Gasteiger partial charge on any atom is -0.457 e. The molecule has 1 saturated heterocycles. The lowest BCUT2D eigenvalue weighted by Gasteiger charge is -2.14. The van der Waals surface area contributed by atoms with Crippen molar-refractivity contribution in [2.75, 3.05) is 6.61 Å². The standard InChI is InChI=1S/C14H21NO3S/c1-4-12-15-9(2)14(19-12)10(3)18-13(16)8-11-6-5-7-17-11/h10-11H,4-8H2,1-3H3/t10-,11+/m0/s1. The fraction of sp³-hybridized carbons (Fsp3) is 0.714. The van der Waals surface area contributed by atoms with Crippen LogP contribution in [-0.2, 0) is 20.7 Å². The van der Waals surface area contributed by atoms with Crippen LogP contribution < -0.4 is 0 Å². The van der Waals surface area contributed by atoms with Crippen molar-refractivity contribution in [2.24, 2.45) is 0 Å². The Labute approximate surface area is 118 Å². The van der Waals surface area contributed by atoms with Crippen molar-refractivity contribution >= 4 is 17.3 Å². The van der Waals surface area contributed by atoms with Crippen molar-refractivity contribution in [3.63, 3.8) is 0 Å². The predicted molar refractivity (Wildman–Crippen MR) is 74.3 cm³/mol. The van der Waals surface area contributed by atoms with Gasteiger partial charge in [-0.1, -0.05) is 6.92 Å². The third-order valence-corrected chi connectivity index (χ3v) is 4.74. The number of rotatable bonds is 5.